The van der Waals surface area contributed by atoms with Crippen molar-refractivity contribution < 1.29 is 44.1 Å². The third-order valence-corrected chi connectivity index (χ3v) is 4.63. The van der Waals surface area contributed by atoms with Gasteiger partial charge in [-0.25, -0.2) is 9.78 Å². The van der Waals surface area contributed by atoms with Crippen LogP contribution >= 0.6 is 0 Å². The predicted octanol–water partition coefficient (Wildman–Crippen LogP) is -2.43. The summed E-state index contributed by atoms with van der Waals surface area (Å²) in [6.45, 7) is 1.31. The molecule has 4 unspecified atom stereocenters. The number of amides is 3. The van der Waals surface area contributed by atoms with Gasteiger partial charge in [0.1, 0.15) is 18.1 Å². The monoisotopic (exact) mass is 484 g/mol. The summed E-state index contributed by atoms with van der Waals surface area (Å²) in [5.74, 6) is -6.28. The van der Waals surface area contributed by atoms with E-state index in [4.69, 9.17) is 15.9 Å². The second kappa shape index (κ2) is 13.5. The van der Waals surface area contributed by atoms with E-state index in [9.17, 15) is 33.9 Å². The van der Waals surface area contributed by atoms with Gasteiger partial charge in [-0.2, -0.15) is 0 Å². The van der Waals surface area contributed by atoms with Gasteiger partial charge in [0.25, 0.3) is 0 Å². The van der Waals surface area contributed by atoms with E-state index in [1.807, 2.05) is 0 Å². The lowest BCUT2D eigenvalue weighted by Gasteiger charge is -2.23. The molecule has 0 spiro atoms. The number of carbonyl (C=O) groups excluding carboxylic acids is 3. The van der Waals surface area contributed by atoms with E-state index in [1.54, 1.807) is 0 Å². The highest BCUT2D eigenvalue weighted by molar-refractivity contribution is 5.94. The number of nitrogens with one attached hydrogen (secondary N) is 4. The number of hydrogen-bond donors (Lipinski definition) is 8. The first-order chi connectivity index (χ1) is 15.9. The fourth-order valence-electron chi connectivity index (χ4n) is 2.72. The van der Waals surface area contributed by atoms with Crippen LogP contribution < -0.4 is 21.7 Å². The minimum atomic E-state index is -1.51. The van der Waals surface area contributed by atoms with E-state index < -0.39 is 66.2 Å². The Labute approximate surface area is 193 Å². The lowest BCUT2D eigenvalue weighted by atomic mass is 10.1. The molecule has 0 aliphatic rings. The molecule has 0 bridgehead atoms. The first-order valence-electron chi connectivity index (χ1n) is 10.2. The molecule has 9 N–H and O–H groups in total. The second-order valence-electron chi connectivity index (χ2n) is 7.44. The van der Waals surface area contributed by atoms with Gasteiger partial charge < -0.3 is 42.0 Å². The summed E-state index contributed by atoms with van der Waals surface area (Å²) in [6.07, 6.45) is 1.25. The number of hydrogen-bond acceptors (Lipinski definition) is 8. The third-order valence-electron chi connectivity index (χ3n) is 4.63. The predicted molar refractivity (Wildman–Crippen MR) is 113 cm³/mol. The minimum Gasteiger partial charge on any atom is -0.481 e. The van der Waals surface area contributed by atoms with Crippen molar-refractivity contribution >= 4 is 35.6 Å². The Kier molecular flexibility index (Phi) is 11.1. The molecule has 0 aliphatic carbocycles. The smallest absolute Gasteiger partial charge is 0.326 e. The van der Waals surface area contributed by atoms with Crippen LogP contribution in [-0.2, 0) is 35.2 Å². The Morgan fingerprint density at radius 3 is 2.03 bits per heavy atom. The lowest BCUT2D eigenvalue weighted by Crippen LogP contribution is -2.57. The molecule has 34 heavy (non-hydrogen) atoms. The van der Waals surface area contributed by atoms with Crippen LogP contribution in [0.5, 0.6) is 0 Å². The van der Waals surface area contributed by atoms with Gasteiger partial charge >= 0.3 is 17.9 Å². The van der Waals surface area contributed by atoms with Crippen molar-refractivity contribution in [2.75, 3.05) is 0 Å². The van der Waals surface area contributed by atoms with E-state index >= 15 is 0 Å². The van der Waals surface area contributed by atoms with Crippen molar-refractivity contribution in [1.29, 1.82) is 0 Å². The topological polar surface area (TPSA) is 254 Å². The average Bonchev–Trinajstić information content (AvgIpc) is 3.26. The van der Waals surface area contributed by atoms with Crippen LogP contribution in [-0.4, -0.2) is 85.1 Å². The van der Waals surface area contributed by atoms with Gasteiger partial charge in [0.15, 0.2) is 0 Å². The van der Waals surface area contributed by atoms with Crippen molar-refractivity contribution in [1.82, 2.24) is 25.9 Å². The van der Waals surface area contributed by atoms with Gasteiger partial charge in [0, 0.05) is 31.2 Å². The highest BCUT2D eigenvalue weighted by atomic mass is 16.4. The minimum absolute atomic E-state index is 0.109. The number of carboxylic acid groups (broad SMARTS) is 3. The molecule has 1 aromatic rings. The van der Waals surface area contributed by atoms with Gasteiger partial charge in [-0.05, 0) is 19.8 Å². The van der Waals surface area contributed by atoms with Gasteiger partial charge in [-0.1, -0.05) is 0 Å². The van der Waals surface area contributed by atoms with Gasteiger partial charge in [-0.15, -0.1) is 0 Å². The number of imidazole rings is 1. The van der Waals surface area contributed by atoms with Gasteiger partial charge in [0.2, 0.25) is 17.7 Å². The van der Waals surface area contributed by atoms with Crippen LogP contribution in [0.25, 0.3) is 0 Å². The summed E-state index contributed by atoms with van der Waals surface area (Å²) < 4.78 is 0. The van der Waals surface area contributed by atoms with Crippen LogP contribution in [0.2, 0.25) is 0 Å². The standard InChI is InChI=1S/C19H28N6O9/c1-9(23-17(31)11(20)2-4-14(26)27)16(30)25-13(6-10-7-21-8-22-10)18(32)24-12(19(33)34)3-5-15(28)29/h7-9,11-13H,2-6,20H2,1H3,(H,21,22)(H,23,31)(H,24,32)(H,25,30)(H,26,27)(H,28,29)(H,33,34). The molecule has 0 saturated heterocycles. The van der Waals surface area contributed by atoms with Crippen molar-refractivity contribution in [3.05, 3.63) is 18.2 Å². The van der Waals surface area contributed by atoms with Crippen LogP contribution in [0.1, 0.15) is 38.3 Å². The third kappa shape index (κ3) is 10.1. The fourth-order valence-corrected chi connectivity index (χ4v) is 2.72. The molecule has 3 amide bonds. The lowest BCUT2D eigenvalue weighted by molar-refractivity contribution is -0.143. The summed E-state index contributed by atoms with van der Waals surface area (Å²) in [5, 5.41) is 33.6. The maximum atomic E-state index is 12.7. The molecule has 0 saturated carbocycles. The number of nitrogens with two attached hydrogens (primary N) is 1. The average molecular weight is 484 g/mol. The molecule has 1 rings (SSSR count). The summed E-state index contributed by atoms with van der Waals surface area (Å²) >= 11 is 0. The fraction of sp³-hybridized carbons (Fsp3) is 0.526. The Balaban J connectivity index is 2.85. The quantitative estimate of drug-likeness (QED) is 0.130. The van der Waals surface area contributed by atoms with Crippen molar-refractivity contribution in [3.63, 3.8) is 0 Å². The highest BCUT2D eigenvalue weighted by Gasteiger charge is 2.29. The Bertz CT molecular complexity index is 889. The molecule has 1 aromatic heterocycles. The van der Waals surface area contributed by atoms with Crippen LogP contribution in [0.3, 0.4) is 0 Å². The normalized spacial score (nSPS) is 14.2. The number of nitrogens with zero attached hydrogens (tertiary/aromatic N) is 1. The number of aromatic nitrogens is 2. The first-order valence-corrected chi connectivity index (χ1v) is 10.2. The molecule has 15 nitrogen and oxygen atoms in total. The molecule has 0 aromatic carbocycles. The van der Waals surface area contributed by atoms with Crippen molar-refractivity contribution in [2.45, 2.75) is 63.2 Å². The molecule has 0 fully saturated rings. The molecule has 4 atom stereocenters. The van der Waals surface area contributed by atoms with E-state index in [1.165, 1.54) is 19.4 Å². The number of carboxylic acids is 3. The highest BCUT2D eigenvalue weighted by Crippen LogP contribution is 2.04. The number of H-pyrrole nitrogens is 1. The van der Waals surface area contributed by atoms with Crippen LogP contribution in [0.4, 0.5) is 0 Å². The molecule has 1 heterocycles. The zero-order chi connectivity index (χ0) is 25.8. The number of aliphatic carboxylic acids is 3. The summed E-state index contributed by atoms with van der Waals surface area (Å²) in [6, 6.07) is -5.13. The molecule has 188 valence electrons. The van der Waals surface area contributed by atoms with Crippen molar-refractivity contribution in [2.24, 2.45) is 5.73 Å². The Morgan fingerprint density at radius 2 is 1.50 bits per heavy atom. The maximum Gasteiger partial charge on any atom is 0.326 e. The second-order valence-corrected chi connectivity index (χ2v) is 7.44. The number of rotatable bonds is 15. The van der Waals surface area contributed by atoms with E-state index in [2.05, 4.69) is 25.9 Å². The van der Waals surface area contributed by atoms with E-state index in [-0.39, 0.29) is 25.7 Å². The first kappa shape index (κ1) is 28.0. The van der Waals surface area contributed by atoms with Gasteiger partial charge in [-0.3, -0.25) is 24.0 Å². The summed E-state index contributed by atoms with van der Waals surface area (Å²) in [4.78, 5) is 76.7. The summed E-state index contributed by atoms with van der Waals surface area (Å²) in [7, 11) is 0. The van der Waals surface area contributed by atoms with Crippen molar-refractivity contribution in [3.8, 4) is 0 Å². The molecular weight excluding hydrogens is 456 g/mol. The largest absolute Gasteiger partial charge is 0.481 e. The molecule has 0 radical (unpaired) electrons. The van der Waals surface area contributed by atoms with Crippen LogP contribution in [0, 0.1) is 0 Å². The molecular formula is C19H28N6O9. The Hall–Kier alpha value is -4.01. The maximum absolute atomic E-state index is 12.7. The zero-order valence-electron chi connectivity index (χ0n) is 18.3. The van der Waals surface area contributed by atoms with Crippen LogP contribution in [0.15, 0.2) is 12.5 Å². The summed E-state index contributed by atoms with van der Waals surface area (Å²) in [5.41, 5.74) is 6.04. The van der Waals surface area contributed by atoms with E-state index in [0.717, 1.165) is 0 Å². The molecule has 0 aliphatic heterocycles. The van der Waals surface area contributed by atoms with E-state index in [0.29, 0.717) is 5.69 Å². The van der Waals surface area contributed by atoms with Gasteiger partial charge in [0.05, 0.1) is 12.4 Å². The number of aromatic amines is 1. The number of carbonyl (C=O) groups is 6. The SMILES string of the molecule is CC(NC(=O)C(N)CCC(=O)O)C(=O)NC(Cc1cnc[nH]1)C(=O)NC(CCC(=O)O)C(=O)O. The molecule has 15 heteroatoms. The zero-order valence-corrected chi connectivity index (χ0v) is 18.3. The Morgan fingerprint density at radius 1 is 0.912 bits per heavy atom.